The molecule has 0 radical (unpaired) electrons. The molecule has 1 amide bonds. The molecule has 0 unspecified atom stereocenters. The van der Waals surface area contributed by atoms with E-state index in [4.69, 9.17) is 10.2 Å². The topological polar surface area (TPSA) is 104 Å². The Hall–Kier alpha value is -0.590. The summed E-state index contributed by atoms with van der Waals surface area (Å²) in [5, 5.41) is 20.0. The number of aliphatic carboxylic acids is 2. The molecular weight excluding hydrogens is 369 g/mol. The fourth-order valence-corrected chi connectivity index (χ4v) is 3.10. The van der Waals surface area contributed by atoms with Crippen LogP contribution in [-0.2, 0) is 14.4 Å². The number of hydrogen-bond acceptors (Lipinski definition) is 3. The van der Waals surface area contributed by atoms with Gasteiger partial charge in [0.25, 0.3) is 0 Å². The fraction of sp³-hybridized carbons (Fsp3) is 0.857. The van der Waals surface area contributed by atoms with E-state index in [0.29, 0.717) is 6.42 Å². The predicted octanol–water partition coefficient (Wildman–Crippen LogP) is 2.02. The van der Waals surface area contributed by atoms with Crippen LogP contribution in [0.5, 0.6) is 0 Å². The van der Waals surface area contributed by atoms with Gasteiger partial charge in [-0.25, -0.2) is 4.79 Å². The van der Waals surface area contributed by atoms with Crippen LogP contribution in [-0.4, -0.2) is 34.1 Å². The Morgan fingerprint density at radius 1 is 0.750 bits per heavy atom. The second kappa shape index (κ2) is 21.1. The van der Waals surface area contributed by atoms with Gasteiger partial charge < -0.3 is 17.0 Å². The van der Waals surface area contributed by atoms with Crippen LogP contribution in [0, 0.1) is 0 Å². The van der Waals surface area contributed by atoms with Crippen molar-refractivity contribution in [2.24, 2.45) is 0 Å². The van der Waals surface area contributed by atoms with Crippen molar-refractivity contribution in [2.45, 2.75) is 116 Å². The van der Waals surface area contributed by atoms with Crippen molar-refractivity contribution >= 4 is 17.8 Å². The van der Waals surface area contributed by atoms with Crippen LogP contribution in [0.4, 0.5) is 0 Å². The predicted molar refractivity (Wildman–Crippen MR) is 108 cm³/mol. The summed E-state index contributed by atoms with van der Waals surface area (Å²) >= 11 is 0. The summed E-state index contributed by atoms with van der Waals surface area (Å²) in [5.41, 5.74) is 0. The standard InChI is InChI=1S/C21H39NO5.Na.H/c1-2-3-4-5-6-7-8-9-10-11-12-13-14-15-19(23)22-18(21(26)27)16-17-20(24)25;;/h18H,2-17H2,1H3,(H,22,23)(H,24,25)(H,26,27);;/q;+1;-1/t18-;;/m0../s1. The van der Waals surface area contributed by atoms with Crippen molar-refractivity contribution in [3.05, 3.63) is 0 Å². The van der Waals surface area contributed by atoms with E-state index in [1.165, 1.54) is 64.2 Å². The number of amides is 1. The zero-order valence-electron chi connectivity index (χ0n) is 19.0. The molecule has 0 bridgehead atoms. The summed E-state index contributed by atoms with van der Waals surface area (Å²) < 4.78 is 0. The van der Waals surface area contributed by atoms with E-state index in [1.807, 2.05) is 0 Å². The van der Waals surface area contributed by atoms with Crippen LogP contribution in [0.2, 0.25) is 0 Å². The molecule has 0 aromatic rings. The van der Waals surface area contributed by atoms with Gasteiger partial charge >= 0.3 is 41.5 Å². The molecule has 6 nitrogen and oxygen atoms in total. The first-order chi connectivity index (χ1) is 13.0. The minimum atomic E-state index is -1.19. The molecule has 0 fully saturated rings. The van der Waals surface area contributed by atoms with Crippen molar-refractivity contribution in [1.29, 1.82) is 0 Å². The van der Waals surface area contributed by atoms with E-state index in [9.17, 15) is 14.4 Å². The Labute approximate surface area is 194 Å². The van der Waals surface area contributed by atoms with Crippen LogP contribution < -0.4 is 34.9 Å². The molecule has 0 aliphatic carbocycles. The fourth-order valence-electron chi connectivity index (χ4n) is 3.10. The molecule has 28 heavy (non-hydrogen) atoms. The molecule has 0 aromatic carbocycles. The van der Waals surface area contributed by atoms with Gasteiger partial charge in [0, 0.05) is 12.8 Å². The smallest absolute Gasteiger partial charge is 1.00 e. The Morgan fingerprint density at radius 2 is 1.18 bits per heavy atom. The Balaban J connectivity index is -0.00000338. The quantitative estimate of drug-likeness (QED) is 0.224. The number of nitrogens with one attached hydrogen (secondary N) is 1. The summed E-state index contributed by atoms with van der Waals surface area (Å²) in [6, 6.07) is -1.12. The third kappa shape index (κ3) is 20.2. The number of carboxylic acid groups (broad SMARTS) is 2. The van der Waals surface area contributed by atoms with Gasteiger partial charge in [0.2, 0.25) is 5.91 Å². The summed E-state index contributed by atoms with van der Waals surface area (Å²) in [6.07, 6.45) is 15.9. The summed E-state index contributed by atoms with van der Waals surface area (Å²) in [4.78, 5) is 33.3. The van der Waals surface area contributed by atoms with Gasteiger partial charge in [0.1, 0.15) is 6.04 Å². The van der Waals surface area contributed by atoms with Crippen LogP contribution in [0.1, 0.15) is 111 Å². The maximum Gasteiger partial charge on any atom is 1.00 e. The zero-order chi connectivity index (χ0) is 20.3. The van der Waals surface area contributed by atoms with E-state index < -0.39 is 18.0 Å². The largest absolute Gasteiger partial charge is 1.00 e. The monoisotopic (exact) mass is 409 g/mol. The number of rotatable bonds is 19. The van der Waals surface area contributed by atoms with Gasteiger partial charge in [-0.15, -0.1) is 0 Å². The minimum absolute atomic E-state index is 0. The van der Waals surface area contributed by atoms with Crippen LogP contribution in [0.25, 0.3) is 0 Å². The van der Waals surface area contributed by atoms with Gasteiger partial charge in [-0.2, -0.15) is 0 Å². The summed E-state index contributed by atoms with van der Waals surface area (Å²) in [5.74, 6) is -2.56. The van der Waals surface area contributed by atoms with E-state index >= 15 is 0 Å². The van der Waals surface area contributed by atoms with Gasteiger partial charge in [-0.1, -0.05) is 84.0 Å². The Kier molecular flexibility index (Phi) is 22.3. The second-order valence-electron chi connectivity index (χ2n) is 7.38. The average Bonchev–Trinajstić information content (AvgIpc) is 2.62. The number of unbranched alkanes of at least 4 members (excludes halogenated alkanes) is 12. The van der Waals surface area contributed by atoms with Crippen LogP contribution in [0.3, 0.4) is 0 Å². The first kappa shape index (κ1) is 29.6. The van der Waals surface area contributed by atoms with Gasteiger partial charge in [-0.3, -0.25) is 9.59 Å². The number of carboxylic acids is 2. The maximum absolute atomic E-state index is 11.8. The summed E-state index contributed by atoms with van der Waals surface area (Å²) in [6.45, 7) is 2.24. The Morgan fingerprint density at radius 3 is 1.57 bits per heavy atom. The molecule has 0 heterocycles. The molecule has 0 saturated carbocycles. The minimum Gasteiger partial charge on any atom is -1.00 e. The molecule has 0 rings (SSSR count). The van der Waals surface area contributed by atoms with E-state index in [1.54, 1.807) is 0 Å². The van der Waals surface area contributed by atoms with Crippen molar-refractivity contribution < 1.29 is 55.6 Å². The molecule has 160 valence electrons. The maximum atomic E-state index is 11.8. The van der Waals surface area contributed by atoms with Gasteiger partial charge in [-0.05, 0) is 12.8 Å². The van der Waals surface area contributed by atoms with Gasteiger partial charge in [0.15, 0.2) is 0 Å². The van der Waals surface area contributed by atoms with E-state index in [0.717, 1.165) is 19.3 Å². The molecule has 7 heteroatoms. The average molecular weight is 410 g/mol. The third-order valence-corrected chi connectivity index (χ3v) is 4.79. The van der Waals surface area contributed by atoms with Crippen molar-refractivity contribution in [3.63, 3.8) is 0 Å². The van der Waals surface area contributed by atoms with Gasteiger partial charge in [0.05, 0.1) is 0 Å². The van der Waals surface area contributed by atoms with E-state index in [2.05, 4.69) is 12.2 Å². The normalized spacial score (nSPS) is 11.5. The molecule has 0 saturated heterocycles. The SMILES string of the molecule is CCCCCCCCCCCCCCCC(=O)N[C@@H](CCC(=O)O)C(=O)O.[H-].[Na+]. The molecule has 0 aliphatic heterocycles. The summed E-state index contributed by atoms with van der Waals surface area (Å²) in [7, 11) is 0. The first-order valence-corrected chi connectivity index (χ1v) is 10.7. The molecule has 0 aliphatic rings. The van der Waals surface area contributed by atoms with Crippen molar-refractivity contribution in [2.75, 3.05) is 0 Å². The molecular formula is C21H40NNaO5. The first-order valence-electron chi connectivity index (χ1n) is 10.7. The van der Waals surface area contributed by atoms with Crippen LogP contribution in [0.15, 0.2) is 0 Å². The van der Waals surface area contributed by atoms with Crippen LogP contribution >= 0.6 is 0 Å². The second-order valence-corrected chi connectivity index (χ2v) is 7.38. The number of carbonyl (C=O) groups excluding carboxylic acids is 1. The Bertz CT molecular complexity index is 424. The number of carbonyl (C=O) groups is 3. The third-order valence-electron chi connectivity index (χ3n) is 4.79. The number of hydrogen-bond donors (Lipinski definition) is 3. The molecule has 0 spiro atoms. The van der Waals surface area contributed by atoms with Crippen molar-refractivity contribution in [1.82, 2.24) is 5.32 Å². The molecule has 1 atom stereocenters. The van der Waals surface area contributed by atoms with E-state index in [-0.39, 0.29) is 49.7 Å². The molecule has 0 aromatic heterocycles. The van der Waals surface area contributed by atoms with Crippen molar-refractivity contribution in [3.8, 4) is 0 Å². The molecule has 3 N–H and O–H groups in total. The zero-order valence-corrected chi connectivity index (χ0v) is 20.0.